The van der Waals surface area contributed by atoms with E-state index in [1.807, 2.05) is 54.3 Å². The Hall–Kier alpha value is -2.14. The van der Waals surface area contributed by atoms with E-state index in [9.17, 15) is 9.59 Å². The number of unbranched alkanes of at least 4 members (excludes halogenated alkanes) is 1. The van der Waals surface area contributed by atoms with Crippen LogP contribution in [0.3, 0.4) is 0 Å². The Labute approximate surface area is 154 Å². The van der Waals surface area contributed by atoms with Crippen LogP contribution >= 0.6 is 0 Å². The first-order valence-electron chi connectivity index (χ1n) is 9.46. The van der Waals surface area contributed by atoms with Crippen molar-refractivity contribution in [2.45, 2.75) is 44.4 Å². The first-order valence-corrected chi connectivity index (χ1v) is 9.46. The maximum atomic E-state index is 13.2. The maximum Gasteiger partial charge on any atom is 0.312 e. The summed E-state index contributed by atoms with van der Waals surface area (Å²) < 4.78 is 11.6. The van der Waals surface area contributed by atoms with Gasteiger partial charge in [-0.15, -0.1) is 0 Å². The molecule has 5 nitrogen and oxygen atoms in total. The van der Waals surface area contributed by atoms with Crippen molar-refractivity contribution in [1.29, 1.82) is 0 Å². The Bertz CT molecular complexity index is 731. The molecule has 0 saturated carbocycles. The van der Waals surface area contributed by atoms with Gasteiger partial charge in [0.1, 0.15) is 11.5 Å². The topological polar surface area (TPSA) is 55.8 Å². The highest BCUT2D eigenvalue weighted by molar-refractivity contribution is 5.91. The van der Waals surface area contributed by atoms with Crippen molar-refractivity contribution in [2.24, 2.45) is 11.8 Å². The number of carbonyl (C=O) groups is 2. The van der Waals surface area contributed by atoms with Crippen molar-refractivity contribution in [3.8, 4) is 0 Å². The van der Waals surface area contributed by atoms with Gasteiger partial charge in [-0.2, -0.15) is 0 Å². The predicted molar refractivity (Wildman–Crippen MR) is 96.2 cm³/mol. The van der Waals surface area contributed by atoms with Gasteiger partial charge in [0.2, 0.25) is 5.91 Å². The van der Waals surface area contributed by atoms with Crippen LogP contribution in [-0.4, -0.2) is 41.6 Å². The second kappa shape index (κ2) is 6.54. The van der Waals surface area contributed by atoms with Gasteiger partial charge in [-0.3, -0.25) is 9.59 Å². The minimum Gasteiger partial charge on any atom is -0.465 e. The van der Waals surface area contributed by atoms with Crippen LogP contribution in [0.15, 0.2) is 42.5 Å². The van der Waals surface area contributed by atoms with Crippen LogP contribution < -0.4 is 0 Å². The minimum atomic E-state index is -0.681. The highest BCUT2D eigenvalue weighted by Crippen LogP contribution is 2.53. The third kappa shape index (κ3) is 2.57. The van der Waals surface area contributed by atoms with Crippen LogP contribution in [0.2, 0.25) is 0 Å². The van der Waals surface area contributed by atoms with E-state index in [1.165, 1.54) is 0 Å². The van der Waals surface area contributed by atoms with Gasteiger partial charge in [0, 0.05) is 0 Å². The molecule has 2 saturated heterocycles. The zero-order valence-corrected chi connectivity index (χ0v) is 15.3. The molecule has 5 atom stereocenters. The first-order chi connectivity index (χ1) is 12.6. The number of fused-ring (bicyclic) bond motifs is 1. The van der Waals surface area contributed by atoms with E-state index >= 15 is 0 Å². The average molecular weight is 355 g/mol. The summed E-state index contributed by atoms with van der Waals surface area (Å²) >= 11 is 0. The first kappa shape index (κ1) is 17.3. The predicted octanol–water partition coefficient (Wildman–Crippen LogP) is 2.87. The third-order valence-electron chi connectivity index (χ3n) is 5.89. The summed E-state index contributed by atoms with van der Waals surface area (Å²) in [6.45, 7) is 4.96. The summed E-state index contributed by atoms with van der Waals surface area (Å²) in [4.78, 5) is 27.7. The molecule has 0 unspecified atom stereocenters. The fraction of sp³-hybridized carbons (Fsp3) is 0.524. The fourth-order valence-electron chi connectivity index (χ4n) is 4.45. The molecule has 0 aromatic heterocycles. The van der Waals surface area contributed by atoms with E-state index in [0.717, 1.165) is 18.4 Å². The Morgan fingerprint density at radius 3 is 2.88 bits per heavy atom. The van der Waals surface area contributed by atoms with Gasteiger partial charge >= 0.3 is 5.97 Å². The van der Waals surface area contributed by atoms with Gasteiger partial charge in [-0.05, 0) is 18.9 Å². The molecule has 3 aliphatic rings. The number of ether oxygens (including phenoxy) is 2. The number of benzene rings is 1. The van der Waals surface area contributed by atoms with Crippen molar-refractivity contribution < 1.29 is 19.1 Å². The van der Waals surface area contributed by atoms with Gasteiger partial charge < -0.3 is 14.4 Å². The molecule has 1 amide bonds. The Balaban J connectivity index is 1.56. The molecule has 0 N–H and O–H groups in total. The van der Waals surface area contributed by atoms with E-state index in [-0.39, 0.29) is 24.0 Å². The molecule has 5 heteroatoms. The lowest BCUT2D eigenvalue weighted by Crippen LogP contribution is -2.40. The van der Waals surface area contributed by atoms with E-state index in [0.29, 0.717) is 13.2 Å². The molecule has 0 aliphatic carbocycles. The minimum absolute atomic E-state index is 0.00866. The zero-order chi connectivity index (χ0) is 18.3. The van der Waals surface area contributed by atoms with Crippen LogP contribution in [0.4, 0.5) is 0 Å². The second-order valence-electron chi connectivity index (χ2n) is 7.47. The van der Waals surface area contributed by atoms with Crippen LogP contribution in [-0.2, 0) is 19.1 Å². The summed E-state index contributed by atoms with van der Waals surface area (Å²) in [5.74, 6) is -1.32. The molecule has 1 aromatic rings. The quantitative estimate of drug-likeness (QED) is 0.447. The highest BCUT2D eigenvalue weighted by atomic mass is 16.6. The smallest absolute Gasteiger partial charge is 0.312 e. The molecule has 3 heterocycles. The molecule has 0 radical (unpaired) electrons. The summed E-state index contributed by atoms with van der Waals surface area (Å²) in [6, 6.07) is 9.90. The average Bonchev–Trinajstić information content (AvgIpc) is 3.30. The van der Waals surface area contributed by atoms with E-state index in [2.05, 4.69) is 6.92 Å². The van der Waals surface area contributed by atoms with Crippen LogP contribution in [0.5, 0.6) is 0 Å². The number of esters is 1. The lowest BCUT2D eigenvalue weighted by molar-refractivity contribution is -0.154. The number of hydrogen-bond donors (Lipinski definition) is 0. The molecular weight excluding hydrogens is 330 g/mol. The molecule has 26 heavy (non-hydrogen) atoms. The molecule has 1 aromatic carbocycles. The van der Waals surface area contributed by atoms with Crippen molar-refractivity contribution in [1.82, 2.24) is 4.90 Å². The Morgan fingerprint density at radius 1 is 1.38 bits per heavy atom. The Kier molecular flexibility index (Phi) is 4.35. The van der Waals surface area contributed by atoms with Gasteiger partial charge in [0.05, 0.1) is 31.2 Å². The van der Waals surface area contributed by atoms with Crippen molar-refractivity contribution in [3.05, 3.63) is 48.0 Å². The van der Waals surface area contributed by atoms with Crippen LogP contribution in [0.1, 0.15) is 38.3 Å². The van der Waals surface area contributed by atoms with E-state index < -0.39 is 17.4 Å². The largest absolute Gasteiger partial charge is 0.465 e. The second-order valence-corrected chi connectivity index (χ2v) is 7.47. The summed E-state index contributed by atoms with van der Waals surface area (Å²) in [7, 11) is 0. The normalized spacial score (nSPS) is 32.8. The summed E-state index contributed by atoms with van der Waals surface area (Å²) in [5.41, 5.74) is 0.400. The Morgan fingerprint density at radius 2 is 2.15 bits per heavy atom. The SMILES string of the molecule is CCCCOC(=O)[C@H]1[C@H]2C(=O)N([C@H](C)c3ccccc3)C[C@@]23C=C[C@H]1O3. The van der Waals surface area contributed by atoms with Gasteiger partial charge in [-0.25, -0.2) is 0 Å². The fourth-order valence-corrected chi connectivity index (χ4v) is 4.45. The number of amides is 1. The summed E-state index contributed by atoms with van der Waals surface area (Å²) in [6.07, 6.45) is 5.36. The third-order valence-corrected chi connectivity index (χ3v) is 5.89. The molecular formula is C21H25NO4. The van der Waals surface area contributed by atoms with Crippen LogP contribution in [0, 0.1) is 11.8 Å². The molecule has 3 aliphatic heterocycles. The number of likely N-dealkylation sites (tertiary alicyclic amines) is 1. The number of rotatable bonds is 6. The van der Waals surface area contributed by atoms with Crippen LogP contribution in [0.25, 0.3) is 0 Å². The van der Waals surface area contributed by atoms with Crippen molar-refractivity contribution in [2.75, 3.05) is 13.2 Å². The monoisotopic (exact) mass is 355 g/mol. The summed E-state index contributed by atoms with van der Waals surface area (Å²) in [5, 5.41) is 0. The maximum absolute atomic E-state index is 13.2. The van der Waals surface area contributed by atoms with Crippen molar-refractivity contribution in [3.63, 3.8) is 0 Å². The van der Waals surface area contributed by atoms with Gasteiger partial charge in [-0.1, -0.05) is 55.8 Å². The van der Waals surface area contributed by atoms with E-state index in [1.54, 1.807) is 0 Å². The van der Waals surface area contributed by atoms with Gasteiger partial charge in [0.25, 0.3) is 0 Å². The number of carbonyl (C=O) groups excluding carboxylic acids is 2. The number of hydrogen-bond acceptors (Lipinski definition) is 4. The van der Waals surface area contributed by atoms with E-state index in [4.69, 9.17) is 9.47 Å². The molecule has 2 fully saturated rings. The molecule has 138 valence electrons. The lowest BCUT2D eigenvalue weighted by atomic mass is 9.77. The number of nitrogens with zero attached hydrogens (tertiary/aromatic N) is 1. The standard InChI is InChI=1S/C21H25NO4/c1-3-4-12-25-20(24)17-16-10-11-21(26-16)13-22(19(23)18(17)21)14(2)15-8-6-5-7-9-15/h5-11,14,16-18H,3-4,12-13H2,1-2H3/t14-,16-,17-,18+,21+/m1/s1. The molecule has 2 bridgehead atoms. The van der Waals surface area contributed by atoms with Crippen molar-refractivity contribution >= 4 is 11.9 Å². The van der Waals surface area contributed by atoms with Gasteiger partial charge in [0.15, 0.2) is 0 Å². The zero-order valence-electron chi connectivity index (χ0n) is 15.3. The lowest BCUT2D eigenvalue weighted by Gasteiger charge is -2.27. The molecule has 1 spiro atoms. The highest BCUT2D eigenvalue weighted by Gasteiger charge is 2.67. The molecule has 4 rings (SSSR count).